The molecule has 106 valence electrons. The smallest absolute Gasteiger partial charge is 0.240 e. The van der Waals surface area contributed by atoms with Crippen LogP contribution >= 0.6 is 0 Å². The van der Waals surface area contributed by atoms with Crippen LogP contribution in [0.3, 0.4) is 0 Å². The molecule has 7 heteroatoms. The number of ether oxygens (including phenoxy) is 1. The van der Waals surface area contributed by atoms with Crippen LogP contribution in [-0.4, -0.2) is 20.5 Å². The SMILES string of the molecule is COc1cc(CNc2ccccc2S(N)(=O)=O)ccn1. The van der Waals surface area contributed by atoms with Gasteiger partial charge in [-0.2, -0.15) is 0 Å². The summed E-state index contributed by atoms with van der Waals surface area (Å²) in [5.74, 6) is 0.504. The van der Waals surface area contributed by atoms with E-state index < -0.39 is 10.0 Å². The third kappa shape index (κ3) is 3.46. The molecule has 1 aromatic carbocycles. The summed E-state index contributed by atoms with van der Waals surface area (Å²) in [5.41, 5.74) is 1.38. The van der Waals surface area contributed by atoms with Crippen LogP contribution in [0.2, 0.25) is 0 Å². The molecular formula is C13H15N3O3S. The van der Waals surface area contributed by atoms with E-state index in [4.69, 9.17) is 9.88 Å². The summed E-state index contributed by atoms with van der Waals surface area (Å²) < 4.78 is 28.0. The lowest BCUT2D eigenvalue weighted by Crippen LogP contribution is -2.15. The molecule has 1 heterocycles. The Hall–Kier alpha value is -2.12. The molecule has 0 fully saturated rings. The van der Waals surface area contributed by atoms with E-state index in [2.05, 4.69) is 10.3 Å². The molecule has 1 aromatic heterocycles. The van der Waals surface area contributed by atoms with Gasteiger partial charge >= 0.3 is 0 Å². The van der Waals surface area contributed by atoms with Gasteiger partial charge in [0.15, 0.2) is 0 Å². The fraction of sp³-hybridized carbons (Fsp3) is 0.154. The Balaban J connectivity index is 2.19. The van der Waals surface area contributed by atoms with Gasteiger partial charge < -0.3 is 10.1 Å². The van der Waals surface area contributed by atoms with Crippen LogP contribution in [0, 0.1) is 0 Å². The highest BCUT2D eigenvalue weighted by Crippen LogP contribution is 2.20. The first-order chi connectivity index (χ1) is 9.50. The van der Waals surface area contributed by atoms with Crippen molar-refractivity contribution in [2.45, 2.75) is 11.4 Å². The lowest BCUT2D eigenvalue weighted by molar-refractivity contribution is 0.397. The van der Waals surface area contributed by atoms with E-state index >= 15 is 0 Å². The van der Waals surface area contributed by atoms with Gasteiger partial charge in [-0.05, 0) is 23.8 Å². The maximum Gasteiger partial charge on any atom is 0.240 e. The summed E-state index contributed by atoms with van der Waals surface area (Å²) in [4.78, 5) is 4.07. The van der Waals surface area contributed by atoms with Crippen LogP contribution in [0.5, 0.6) is 5.88 Å². The Kier molecular flexibility index (Phi) is 4.21. The molecule has 0 bridgehead atoms. The van der Waals surface area contributed by atoms with Crippen molar-refractivity contribution >= 4 is 15.7 Å². The average molecular weight is 293 g/mol. The summed E-state index contributed by atoms with van der Waals surface area (Å²) in [6.07, 6.45) is 1.63. The fourth-order valence-electron chi connectivity index (χ4n) is 1.73. The first-order valence-electron chi connectivity index (χ1n) is 5.85. The molecule has 0 saturated carbocycles. The molecule has 0 aliphatic carbocycles. The van der Waals surface area contributed by atoms with Crippen LogP contribution in [0.15, 0.2) is 47.5 Å². The van der Waals surface area contributed by atoms with Gasteiger partial charge in [0.25, 0.3) is 0 Å². The number of rotatable bonds is 5. The normalized spacial score (nSPS) is 11.1. The number of anilines is 1. The van der Waals surface area contributed by atoms with Crippen molar-refractivity contribution in [2.75, 3.05) is 12.4 Å². The topological polar surface area (TPSA) is 94.3 Å². The summed E-state index contributed by atoms with van der Waals surface area (Å²) in [6.45, 7) is 0.436. The van der Waals surface area contributed by atoms with Crippen molar-refractivity contribution in [3.8, 4) is 5.88 Å². The highest BCUT2D eigenvalue weighted by Gasteiger charge is 2.12. The Morgan fingerprint density at radius 2 is 2.05 bits per heavy atom. The lowest BCUT2D eigenvalue weighted by Gasteiger charge is -2.11. The molecule has 3 N–H and O–H groups in total. The number of benzene rings is 1. The van der Waals surface area contributed by atoms with Crippen molar-refractivity contribution in [3.63, 3.8) is 0 Å². The van der Waals surface area contributed by atoms with Gasteiger partial charge in [0, 0.05) is 18.8 Å². The minimum Gasteiger partial charge on any atom is -0.481 e. The molecule has 0 atom stereocenters. The molecule has 0 unspecified atom stereocenters. The van der Waals surface area contributed by atoms with Crippen LogP contribution < -0.4 is 15.2 Å². The van der Waals surface area contributed by atoms with Gasteiger partial charge in [0.2, 0.25) is 15.9 Å². The molecule has 0 aliphatic heterocycles. The zero-order chi connectivity index (χ0) is 14.6. The molecule has 2 rings (SSSR count). The van der Waals surface area contributed by atoms with E-state index in [0.717, 1.165) is 5.56 Å². The van der Waals surface area contributed by atoms with E-state index in [1.807, 2.05) is 6.07 Å². The van der Waals surface area contributed by atoms with Gasteiger partial charge in [0.05, 0.1) is 12.8 Å². The number of aromatic nitrogens is 1. The number of pyridine rings is 1. The van der Waals surface area contributed by atoms with E-state index in [1.165, 1.54) is 13.2 Å². The third-order valence-electron chi connectivity index (χ3n) is 2.68. The summed E-state index contributed by atoms with van der Waals surface area (Å²) in [6, 6.07) is 10.1. The second-order valence-electron chi connectivity index (χ2n) is 4.10. The Morgan fingerprint density at radius 3 is 2.75 bits per heavy atom. The van der Waals surface area contributed by atoms with Gasteiger partial charge in [-0.25, -0.2) is 18.5 Å². The number of sulfonamides is 1. The molecule has 0 spiro atoms. The second kappa shape index (κ2) is 5.89. The van der Waals surface area contributed by atoms with E-state index in [1.54, 1.807) is 30.5 Å². The van der Waals surface area contributed by atoms with E-state index in [9.17, 15) is 8.42 Å². The van der Waals surface area contributed by atoms with Crippen molar-refractivity contribution in [1.29, 1.82) is 0 Å². The standard InChI is InChI=1S/C13H15N3O3S/c1-19-13-8-10(6-7-15-13)9-16-11-4-2-3-5-12(11)20(14,17)18/h2-8,16H,9H2,1H3,(H2,14,17,18). The van der Waals surface area contributed by atoms with Crippen LogP contribution in [0.25, 0.3) is 0 Å². The van der Waals surface area contributed by atoms with Crippen LogP contribution in [-0.2, 0) is 16.6 Å². The molecule has 2 aromatic rings. The highest BCUT2D eigenvalue weighted by molar-refractivity contribution is 7.89. The number of primary sulfonamides is 1. The van der Waals surface area contributed by atoms with Gasteiger partial charge in [0.1, 0.15) is 4.90 Å². The highest BCUT2D eigenvalue weighted by atomic mass is 32.2. The third-order valence-corrected chi connectivity index (χ3v) is 3.65. The van der Waals surface area contributed by atoms with Gasteiger partial charge in [-0.15, -0.1) is 0 Å². The summed E-state index contributed by atoms with van der Waals surface area (Å²) in [5, 5.41) is 8.22. The number of nitrogens with zero attached hydrogens (tertiary/aromatic N) is 1. The predicted molar refractivity (Wildman–Crippen MR) is 75.9 cm³/mol. The first-order valence-corrected chi connectivity index (χ1v) is 7.40. The van der Waals surface area contributed by atoms with Crippen molar-refractivity contribution in [3.05, 3.63) is 48.2 Å². The number of nitrogens with one attached hydrogen (secondary N) is 1. The second-order valence-corrected chi connectivity index (χ2v) is 5.63. The van der Waals surface area contributed by atoms with Crippen molar-refractivity contribution in [2.24, 2.45) is 5.14 Å². The number of para-hydroxylation sites is 1. The summed E-state index contributed by atoms with van der Waals surface area (Å²) >= 11 is 0. The fourth-order valence-corrected chi connectivity index (χ4v) is 2.45. The van der Waals surface area contributed by atoms with E-state index in [-0.39, 0.29) is 4.90 Å². The minimum atomic E-state index is -3.75. The molecule has 0 radical (unpaired) electrons. The molecular weight excluding hydrogens is 278 g/mol. The number of methoxy groups -OCH3 is 1. The largest absolute Gasteiger partial charge is 0.481 e. The maximum atomic E-state index is 11.5. The van der Waals surface area contributed by atoms with Crippen molar-refractivity contribution < 1.29 is 13.2 Å². The predicted octanol–water partition coefficient (Wildman–Crippen LogP) is 1.35. The monoisotopic (exact) mass is 293 g/mol. The number of nitrogens with two attached hydrogens (primary N) is 1. The van der Waals surface area contributed by atoms with Crippen LogP contribution in [0.4, 0.5) is 5.69 Å². The van der Waals surface area contributed by atoms with Gasteiger partial charge in [-0.1, -0.05) is 12.1 Å². The molecule has 0 aliphatic rings. The van der Waals surface area contributed by atoms with Crippen LogP contribution in [0.1, 0.15) is 5.56 Å². The Bertz CT molecular complexity index is 702. The zero-order valence-corrected chi connectivity index (χ0v) is 11.7. The zero-order valence-electron chi connectivity index (χ0n) is 10.9. The molecule has 0 amide bonds. The molecule has 6 nitrogen and oxygen atoms in total. The Morgan fingerprint density at radius 1 is 1.30 bits per heavy atom. The minimum absolute atomic E-state index is 0.0704. The quantitative estimate of drug-likeness (QED) is 0.867. The van der Waals surface area contributed by atoms with Crippen molar-refractivity contribution in [1.82, 2.24) is 4.98 Å². The Labute approximate surface area is 117 Å². The molecule has 20 heavy (non-hydrogen) atoms. The lowest BCUT2D eigenvalue weighted by atomic mass is 10.2. The van der Waals surface area contributed by atoms with E-state index in [0.29, 0.717) is 18.1 Å². The maximum absolute atomic E-state index is 11.5. The first kappa shape index (κ1) is 14.3. The molecule has 0 saturated heterocycles. The summed E-state index contributed by atoms with van der Waals surface area (Å²) in [7, 11) is -2.21. The number of hydrogen-bond acceptors (Lipinski definition) is 5. The van der Waals surface area contributed by atoms with Gasteiger partial charge in [-0.3, -0.25) is 0 Å². The number of hydrogen-bond donors (Lipinski definition) is 2. The average Bonchev–Trinajstić information content (AvgIpc) is 2.44.